The van der Waals surface area contributed by atoms with Crippen molar-refractivity contribution in [2.45, 2.75) is 6.92 Å². The molecule has 0 aliphatic rings. The van der Waals surface area contributed by atoms with Crippen molar-refractivity contribution in [3.8, 4) is 33.8 Å². The average molecular weight is 376 g/mol. The van der Waals surface area contributed by atoms with Crippen molar-refractivity contribution < 1.29 is 23.5 Å². The normalized spacial score (nSPS) is 10.2. The van der Waals surface area contributed by atoms with Crippen LogP contribution in [-0.2, 0) is 9.59 Å². The summed E-state index contributed by atoms with van der Waals surface area (Å²) in [6.07, 6.45) is 0. The van der Waals surface area contributed by atoms with Crippen molar-refractivity contribution in [1.29, 1.82) is 0 Å². The second kappa shape index (κ2) is 8.31. The van der Waals surface area contributed by atoms with E-state index in [9.17, 15) is 14.0 Å². The van der Waals surface area contributed by atoms with Crippen LogP contribution in [0.1, 0.15) is 6.92 Å². The summed E-state index contributed by atoms with van der Waals surface area (Å²) < 4.78 is 23.7. The molecule has 0 aliphatic carbocycles. The average Bonchev–Trinajstić information content (AvgIpc) is 2.70. The van der Waals surface area contributed by atoms with Gasteiger partial charge >= 0.3 is 5.97 Å². The number of carbonyl (C=O) groups is 2. The van der Waals surface area contributed by atoms with Gasteiger partial charge < -0.3 is 9.47 Å². The van der Waals surface area contributed by atoms with Crippen molar-refractivity contribution in [3.63, 3.8) is 0 Å². The highest BCUT2D eigenvalue weighted by Gasteiger charge is 2.08. The summed E-state index contributed by atoms with van der Waals surface area (Å²) in [5.41, 5.74) is 3.74. The van der Waals surface area contributed by atoms with E-state index in [2.05, 4.69) is 11.3 Å². The minimum Gasteiger partial charge on any atom is -0.426 e. The van der Waals surface area contributed by atoms with Crippen LogP contribution < -0.4 is 9.47 Å². The molecule has 0 saturated heterocycles. The first-order valence-electron chi connectivity index (χ1n) is 8.46. The molecule has 0 aromatic heterocycles. The Balaban J connectivity index is 1.77. The number of carbonyl (C=O) groups excluding carboxylic acids is 2. The lowest BCUT2D eigenvalue weighted by Gasteiger charge is -2.08. The highest BCUT2D eigenvalue weighted by molar-refractivity contribution is 5.88. The standard InChI is InChI=1S/C23H17FO4/c1-15(2)23(26)28-20-10-7-17(8-11-20)16-3-5-18(6-4-16)19-9-12-22(27-14-25)21(24)13-19/h3-14H,1H2,2H3. The zero-order chi connectivity index (χ0) is 20.1. The Kier molecular flexibility index (Phi) is 5.65. The van der Waals surface area contributed by atoms with Crippen molar-refractivity contribution in [2.75, 3.05) is 0 Å². The molecular formula is C23H17FO4. The van der Waals surface area contributed by atoms with Crippen LogP contribution in [-0.4, -0.2) is 12.4 Å². The van der Waals surface area contributed by atoms with E-state index in [1.807, 2.05) is 36.4 Å². The van der Waals surface area contributed by atoms with Gasteiger partial charge in [0.1, 0.15) is 5.75 Å². The first kappa shape index (κ1) is 19.0. The Morgan fingerprint density at radius 3 is 1.89 bits per heavy atom. The van der Waals surface area contributed by atoms with E-state index in [1.165, 1.54) is 12.1 Å². The summed E-state index contributed by atoms with van der Waals surface area (Å²) in [5.74, 6) is -0.730. The SMILES string of the molecule is C=C(C)C(=O)Oc1ccc(-c2ccc(-c3ccc(OC=O)c(F)c3)cc2)cc1. The number of hydrogen-bond donors (Lipinski definition) is 0. The first-order chi connectivity index (χ1) is 13.5. The minimum absolute atomic E-state index is 0.109. The van der Waals surface area contributed by atoms with Crippen LogP contribution in [0, 0.1) is 5.82 Å². The van der Waals surface area contributed by atoms with Crippen LogP contribution in [0.4, 0.5) is 4.39 Å². The summed E-state index contributed by atoms with van der Waals surface area (Å²) in [6, 6.07) is 19.1. The lowest BCUT2D eigenvalue weighted by molar-refractivity contribution is -0.130. The van der Waals surface area contributed by atoms with E-state index in [-0.39, 0.29) is 12.2 Å². The molecule has 0 amide bonds. The Morgan fingerprint density at radius 2 is 1.39 bits per heavy atom. The number of benzene rings is 3. The highest BCUT2D eigenvalue weighted by atomic mass is 19.1. The summed E-state index contributed by atoms with van der Waals surface area (Å²) in [4.78, 5) is 21.9. The first-order valence-corrected chi connectivity index (χ1v) is 8.46. The summed E-state index contributed by atoms with van der Waals surface area (Å²) in [5, 5.41) is 0. The Hall–Kier alpha value is -3.73. The fourth-order valence-electron chi connectivity index (χ4n) is 2.59. The van der Waals surface area contributed by atoms with Crippen LogP contribution in [0.15, 0.2) is 78.9 Å². The molecule has 0 fully saturated rings. The van der Waals surface area contributed by atoms with Crippen molar-refractivity contribution in [3.05, 3.63) is 84.7 Å². The predicted molar refractivity (Wildman–Crippen MR) is 104 cm³/mol. The molecular weight excluding hydrogens is 359 g/mol. The molecule has 4 nitrogen and oxygen atoms in total. The lowest BCUT2D eigenvalue weighted by atomic mass is 10.00. The van der Waals surface area contributed by atoms with E-state index in [0.717, 1.165) is 16.7 Å². The zero-order valence-corrected chi connectivity index (χ0v) is 15.1. The molecule has 0 atom stereocenters. The third-order valence-corrected chi connectivity index (χ3v) is 4.07. The highest BCUT2D eigenvalue weighted by Crippen LogP contribution is 2.29. The number of rotatable bonds is 6. The van der Waals surface area contributed by atoms with E-state index in [0.29, 0.717) is 16.9 Å². The van der Waals surface area contributed by atoms with Gasteiger partial charge in [0.25, 0.3) is 6.47 Å². The maximum atomic E-state index is 13.9. The van der Waals surface area contributed by atoms with E-state index in [1.54, 1.807) is 25.1 Å². The number of hydrogen-bond acceptors (Lipinski definition) is 4. The van der Waals surface area contributed by atoms with Gasteiger partial charge in [-0.05, 0) is 53.4 Å². The van der Waals surface area contributed by atoms with Gasteiger partial charge in [-0.15, -0.1) is 0 Å². The van der Waals surface area contributed by atoms with Crippen LogP contribution in [0.25, 0.3) is 22.3 Å². The molecule has 0 N–H and O–H groups in total. The van der Waals surface area contributed by atoms with E-state index in [4.69, 9.17) is 4.74 Å². The molecule has 0 aliphatic heterocycles. The fourth-order valence-corrected chi connectivity index (χ4v) is 2.59. The molecule has 3 aromatic carbocycles. The maximum absolute atomic E-state index is 13.9. The van der Waals surface area contributed by atoms with Gasteiger partial charge in [-0.3, -0.25) is 4.79 Å². The van der Waals surface area contributed by atoms with Gasteiger partial charge in [-0.25, -0.2) is 9.18 Å². The minimum atomic E-state index is -0.603. The molecule has 5 heteroatoms. The van der Waals surface area contributed by atoms with Gasteiger partial charge in [-0.2, -0.15) is 0 Å². The van der Waals surface area contributed by atoms with Crippen molar-refractivity contribution in [1.82, 2.24) is 0 Å². The monoisotopic (exact) mass is 376 g/mol. The lowest BCUT2D eigenvalue weighted by Crippen LogP contribution is -2.07. The van der Waals surface area contributed by atoms with E-state index < -0.39 is 11.8 Å². The van der Waals surface area contributed by atoms with E-state index >= 15 is 0 Å². The molecule has 140 valence electrons. The third-order valence-electron chi connectivity index (χ3n) is 4.07. The van der Waals surface area contributed by atoms with Gasteiger partial charge in [0, 0.05) is 5.57 Å². The Labute approximate surface area is 161 Å². The van der Waals surface area contributed by atoms with Crippen molar-refractivity contribution >= 4 is 12.4 Å². The molecule has 3 aromatic rings. The maximum Gasteiger partial charge on any atom is 0.338 e. The quantitative estimate of drug-likeness (QED) is 0.258. The molecule has 0 radical (unpaired) electrons. The van der Waals surface area contributed by atoms with Gasteiger partial charge in [-0.1, -0.05) is 49.0 Å². The topological polar surface area (TPSA) is 52.6 Å². The number of ether oxygens (including phenoxy) is 2. The molecule has 0 spiro atoms. The zero-order valence-electron chi connectivity index (χ0n) is 15.1. The van der Waals surface area contributed by atoms with Gasteiger partial charge in [0.2, 0.25) is 0 Å². The Bertz CT molecular complexity index is 1020. The molecule has 0 unspecified atom stereocenters. The van der Waals surface area contributed by atoms with Crippen molar-refractivity contribution in [2.24, 2.45) is 0 Å². The molecule has 0 heterocycles. The third kappa shape index (κ3) is 4.32. The summed E-state index contributed by atoms with van der Waals surface area (Å²) in [6.45, 7) is 5.33. The second-order valence-corrected chi connectivity index (χ2v) is 6.13. The Morgan fingerprint density at radius 1 is 0.893 bits per heavy atom. The molecule has 3 rings (SSSR count). The fraction of sp³-hybridized carbons (Fsp3) is 0.0435. The van der Waals surface area contributed by atoms with Gasteiger partial charge in [0.05, 0.1) is 0 Å². The van der Waals surface area contributed by atoms with Gasteiger partial charge in [0.15, 0.2) is 11.6 Å². The van der Waals surface area contributed by atoms with Crippen LogP contribution in [0.3, 0.4) is 0 Å². The molecule has 0 bridgehead atoms. The second-order valence-electron chi connectivity index (χ2n) is 6.13. The number of halogens is 1. The molecule has 28 heavy (non-hydrogen) atoms. The molecule has 0 saturated carbocycles. The summed E-state index contributed by atoms with van der Waals surface area (Å²) >= 11 is 0. The largest absolute Gasteiger partial charge is 0.426 e. The van der Waals surface area contributed by atoms with Crippen LogP contribution in [0.5, 0.6) is 11.5 Å². The smallest absolute Gasteiger partial charge is 0.338 e. The predicted octanol–water partition coefficient (Wildman–Crippen LogP) is 5.18. The van der Waals surface area contributed by atoms with Crippen LogP contribution >= 0.6 is 0 Å². The summed E-state index contributed by atoms with van der Waals surface area (Å²) in [7, 11) is 0. The van der Waals surface area contributed by atoms with Crippen LogP contribution in [0.2, 0.25) is 0 Å². The number of esters is 1.